The van der Waals surface area contributed by atoms with Crippen molar-refractivity contribution in [3.8, 4) is 0 Å². The van der Waals surface area contributed by atoms with Crippen LogP contribution in [0, 0.1) is 11.3 Å². The lowest BCUT2D eigenvalue weighted by Crippen LogP contribution is -2.44. The van der Waals surface area contributed by atoms with E-state index >= 15 is 0 Å². The lowest BCUT2D eigenvalue weighted by Gasteiger charge is -2.27. The maximum atomic E-state index is 12.1. The molecule has 1 atom stereocenters. The number of hydrogen-bond acceptors (Lipinski definition) is 4. The Balaban J connectivity index is 4.36. The molecule has 1 unspecified atom stereocenters. The van der Waals surface area contributed by atoms with E-state index in [0.717, 1.165) is 5.57 Å². The number of hydrogen-bond donors (Lipinski definition) is 1. The van der Waals surface area contributed by atoms with Crippen molar-refractivity contribution in [2.24, 2.45) is 11.3 Å². The van der Waals surface area contributed by atoms with Crippen molar-refractivity contribution < 1.29 is 19.1 Å². The summed E-state index contributed by atoms with van der Waals surface area (Å²) in [5.41, 5.74) is 0.435. The van der Waals surface area contributed by atoms with Crippen molar-refractivity contribution >= 4 is 11.9 Å². The smallest absolute Gasteiger partial charge is 0.319 e. The largest absolute Gasteiger partial charge is 0.465 e. The van der Waals surface area contributed by atoms with Gasteiger partial charge in [-0.1, -0.05) is 32.9 Å². The second-order valence-electron chi connectivity index (χ2n) is 5.85. The van der Waals surface area contributed by atoms with Crippen molar-refractivity contribution in [3.63, 3.8) is 0 Å². The normalized spacial score (nSPS) is 12.7. The summed E-state index contributed by atoms with van der Waals surface area (Å²) in [5, 5.41) is 2.71. The molecule has 0 aliphatic heterocycles. The van der Waals surface area contributed by atoms with Gasteiger partial charge in [-0.3, -0.25) is 9.59 Å². The van der Waals surface area contributed by atoms with E-state index in [1.54, 1.807) is 6.92 Å². The summed E-state index contributed by atoms with van der Waals surface area (Å²) >= 11 is 0. The second-order valence-corrected chi connectivity index (χ2v) is 5.85. The Morgan fingerprint density at radius 1 is 1.30 bits per heavy atom. The maximum absolute atomic E-state index is 12.1. The average molecular weight is 285 g/mol. The van der Waals surface area contributed by atoms with E-state index < -0.39 is 17.3 Å². The lowest BCUT2D eigenvalue weighted by atomic mass is 9.80. The quantitative estimate of drug-likeness (QED) is 0.320. The molecule has 1 amide bonds. The SMILES string of the molecule is C=C(C)COCCNC(=O)C(C(=O)OCC)C(C)(C)C. The van der Waals surface area contributed by atoms with E-state index in [9.17, 15) is 9.59 Å². The van der Waals surface area contributed by atoms with E-state index in [-0.39, 0.29) is 12.5 Å². The summed E-state index contributed by atoms with van der Waals surface area (Å²) in [5.74, 6) is -1.63. The van der Waals surface area contributed by atoms with Gasteiger partial charge in [0.1, 0.15) is 5.92 Å². The topological polar surface area (TPSA) is 64.6 Å². The molecule has 5 nitrogen and oxygen atoms in total. The summed E-state index contributed by atoms with van der Waals surface area (Å²) in [7, 11) is 0. The third-order valence-electron chi connectivity index (χ3n) is 2.54. The van der Waals surface area contributed by atoms with Crippen LogP contribution in [0.1, 0.15) is 34.6 Å². The first-order valence-corrected chi connectivity index (χ1v) is 6.86. The van der Waals surface area contributed by atoms with Crippen LogP contribution in [0.2, 0.25) is 0 Å². The third-order valence-corrected chi connectivity index (χ3v) is 2.54. The minimum Gasteiger partial charge on any atom is -0.465 e. The molecule has 0 saturated carbocycles. The van der Waals surface area contributed by atoms with Gasteiger partial charge in [-0.05, 0) is 19.3 Å². The predicted molar refractivity (Wildman–Crippen MR) is 78.2 cm³/mol. The fourth-order valence-electron chi connectivity index (χ4n) is 1.67. The Labute approximate surface area is 121 Å². The fraction of sp³-hybridized carbons (Fsp3) is 0.733. The second kappa shape index (κ2) is 8.74. The molecule has 20 heavy (non-hydrogen) atoms. The Bertz CT molecular complexity index is 344. The van der Waals surface area contributed by atoms with Crippen LogP contribution in [0.5, 0.6) is 0 Å². The molecule has 0 aliphatic rings. The fourth-order valence-corrected chi connectivity index (χ4v) is 1.67. The monoisotopic (exact) mass is 285 g/mol. The predicted octanol–water partition coefficient (Wildman–Crippen LogP) is 1.92. The van der Waals surface area contributed by atoms with Crippen LogP contribution in [0.15, 0.2) is 12.2 Å². The van der Waals surface area contributed by atoms with Gasteiger partial charge in [-0.15, -0.1) is 0 Å². The highest BCUT2D eigenvalue weighted by Gasteiger charge is 2.38. The van der Waals surface area contributed by atoms with Crippen molar-refractivity contribution in [2.75, 3.05) is 26.4 Å². The first-order chi connectivity index (χ1) is 9.20. The Morgan fingerprint density at radius 2 is 1.90 bits per heavy atom. The number of amides is 1. The molecule has 0 spiro atoms. The van der Waals surface area contributed by atoms with Gasteiger partial charge in [-0.2, -0.15) is 0 Å². The van der Waals surface area contributed by atoms with Crippen LogP contribution in [0.4, 0.5) is 0 Å². The third kappa shape index (κ3) is 7.28. The van der Waals surface area contributed by atoms with E-state index in [1.807, 2.05) is 27.7 Å². The van der Waals surface area contributed by atoms with Gasteiger partial charge >= 0.3 is 5.97 Å². The lowest BCUT2D eigenvalue weighted by molar-refractivity contribution is -0.156. The molecule has 0 radical (unpaired) electrons. The van der Waals surface area contributed by atoms with Gasteiger partial charge < -0.3 is 14.8 Å². The van der Waals surface area contributed by atoms with Crippen LogP contribution < -0.4 is 5.32 Å². The van der Waals surface area contributed by atoms with Crippen LogP contribution in [0.25, 0.3) is 0 Å². The number of esters is 1. The molecule has 0 aromatic rings. The maximum Gasteiger partial charge on any atom is 0.319 e. The van der Waals surface area contributed by atoms with Crippen molar-refractivity contribution in [1.82, 2.24) is 5.32 Å². The highest BCUT2D eigenvalue weighted by molar-refractivity contribution is 5.98. The molecule has 0 fully saturated rings. The number of nitrogens with one attached hydrogen (secondary N) is 1. The summed E-state index contributed by atoms with van der Waals surface area (Å²) in [4.78, 5) is 24.0. The molecule has 0 aliphatic carbocycles. The standard InChI is InChI=1S/C15H27NO4/c1-7-20-14(18)12(15(4,5)6)13(17)16-8-9-19-10-11(2)3/h12H,2,7-10H2,1,3-6H3,(H,16,17). The average Bonchev–Trinajstić information content (AvgIpc) is 2.26. The zero-order valence-corrected chi connectivity index (χ0v) is 13.2. The highest BCUT2D eigenvalue weighted by atomic mass is 16.5. The van der Waals surface area contributed by atoms with Crippen LogP contribution >= 0.6 is 0 Å². The highest BCUT2D eigenvalue weighted by Crippen LogP contribution is 2.27. The summed E-state index contributed by atoms with van der Waals surface area (Å²) in [6.45, 7) is 14.3. The molecule has 1 N–H and O–H groups in total. The van der Waals surface area contributed by atoms with Crippen molar-refractivity contribution in [1.29, 1.82) is 0 Å². The molecule has 0 rings (SSSR count). The molecule has 5 heteroatoms. The molecular weight excluding hydrogens is 258 g/mol. The van der Waals surface area contributed by atoms with Crippen LogP contribution in [0.3, 0.4) is 0 Å². The molecule has 0 aromatic heterocycles. The van der Waals surface area contributed by atoms with Gasteiger partial charge in [0, 0.05) is 6.54 Å². The van der Waals surface area contributed by atoms with Crippen molar-refractivity contribution in [3.05, 3.63) is 12.2 Å². The molecule has 0 aromatic carbocycles. The summed E-state index contributed by atoms with van der Waals surface area (Å²) in [6, 6.07) is 0. The van der Waals surface area contributed by atoms with Crippen LogP contribution in [-0.4, -0.2) is 38.2 Å². The zero-order valence-electron chi connectivity index (χ0n) is 13.2. The minimum absolute atomic E-state index is 0.264. The van der Waals surface area contributed by atoms with Gasteiger partial charge in [0.25, 0.3) is 0 Å². The van der Waals surface area contributed by atoms with E-state index in [1.165, 1.54) is 0 Å². The van der Waals surface area contributed by atoms with Gasteiger partial charge in [0.15, 0.2) is 0 Å². The van der Waals surface area contributed by atoms with Gasteiger partial charge in [0.05, 0.1) is 19.8 Å². The molecule has 116 valence electrons. The number of ether oxygens (including phenoxy) is 2. The van der Waals surface area contributed by atoms with Gasteiger partial charge in [-0.25, -0.2) is 0 Å². The molecule has 0 bridgehead atoms. The molecule has 0 heterocycles. The Hall–Kier alpha value is -1.36. The molecular formula is C15H27NO4. The molecule has 0 saturated heterocycles. The minimum atomic E-state index is -0.816. The number of rotatable bonds is 8. The van der Waals surface area contributed by atoms with Crippen molar-refractivity contribution in [2.45, 2.75) is 34.6 Å². The number of carbonyl (C=O) groups excluding carboxylic acids is 2. The summed E-state index contributed by atoms with van der Waals surface area (Å²) < 4.78 is 10.3. The van der Waals surface area contributed by atoms with E-state index in [0.29, 0.717) is 19.8 Å². The van der Waals surface area contributed by atoms with Gasteiger partial charge in [0.2, 0.25) is 5.91 Å². The van der Waals surface area contributed by atoms with Crippen LogP contribution in [-0.2, 0) is 19.1 Å². The zero-order chi connectivity index (χ0) is 15.8. The summed E-state index contributed by atoms with van der Waals surface area (Å²) in [6.07, 6.45) is 0. The Morgan fingerprint density at radius 3 is 2.35 bits per heavy atom. The Kier molecular flexibility index (Phi) is 8.15. The number of carbonyl (C=O) groups is 2. The first-order valence-electron chi connectivity index (χ1n) is 6.86. The first kappa shape index (κ1) is 18.6. The van der Waals surface area contributed by atoms with E-state index in [2.05, 4.69) is 11.9 Å². The van der Waals surface area contributed by atoms with E-state index in [4.69, 9.17) is 9.47 Å².